The van der Waals surface area contributed by atoms with Gasteiger partial charge < -0.3 is 5.32 Å². The molecule has 0 aliphatic carbocycles. The molecule has 0 amide bonds. The van der Waals surface area contributed by atoms with Gasteiger partial charge in [-0.15, -0.1) is 0 Å². The van der Waals surface area contributed by atoms with E-state index in [2.05, 4.69) is 18.8 Å². The first kappa shape index (κ1) is 10.4. The minimum Gasteiger partial charge on any atom is -0.313 e. The molecule has 2 nitrogen and oxygen atoms in total. The minimum atomic E-state index is 0.0813. The second-order valence-corrected chi connectivity index (χ2v) is 2.71. The first-order valence-corrected chi connectivity index (χ1v) is 4.00. The van der Waals surface area contributed by atoms with Crippen LogP contribution in [0.4, 0.5) is 0 Å². The summed E-state index contributed by atoms with van der Waals surface area (Å²) in [4.78, 5) is 10.9. The van der Waals surface area contributed by atoms with E-state index in [9.17, 15) is 4.79 Å². The van der Waals surface area contributed by atoms with E-state index in [0.29, 0.717) is 5.57 Å². The zero-order valence-corrected chi connectivity index (χ0v) is 7.61. The number of rotatable bonds is 5. The molecule has 0 fully saturated rings. The lowest BCUT2D eigenvalue weighted by atomic mass is 10.0. The Morgan fingerprint density at radius 2 is 2.18 bits per heavy atom. The molecule has 0 bridgehead atoms. The molecule has 1 N–H and O–H groups in total. The van der Waals surface area contributed by atoms with Crippen molar-refractivity contribution in [1.82, 2.24) is 5.32 Å². The maximum atomic E-state index is 10.9. The molecule has 1 unspecified atom stereocenters. The Kier molecular flexibility index (Phi) is 4.79. The molecule has 0 aliphatic rings. The lowest BCUT2D eigenvalue weighted by Gasteiger charge is -2.15. The van der Waals surface area contributed by atoms with Crippen molar-refractivity contribution >= 4 is 5.78 Å². The Balaban J connectivity index is 4.02. The quantitative estimate of drug-likeness (QED) is 0.610. The normalized spacial score (nSPS) is 12.6. The van der Waals surface area contributed by atoms with Crippen LogP contribution in [0, 0.1) is 0 Å². The van der Waals surface area contributed by atoms with Gasteiger partial charge in [-0.3, -0.25) is 4.79 Å². The molecule has 0 aliphatic heterocycles. The number of Topliss-reactive ketones (excluding diaryl/α,β-unsaturated/α-hetero) is 1. The molecule has 0 saturated carbocycles. The lowest BCUT2D eigenvalue weighted by molar-refractivity contribution is -0.113. The zero-order chi connectivity index (χ0) is 8.85. The molecule has 64 valence electrons. The van der Waals surface area contributed by atoms with Crippen molar-refractivity contribution in [2.45, 2.75) is 32.7 Å². The highest BCUT2D eigenvalue weighted by atomic mass is 16.1. The van der Waals surface area contributed by atoms with Gasteiger partial charge >= 0.3 is 0 Å². The van der Waals surface area contributed by atoms with Crippen LogP contribution >= 0.6 is 0 Å². The highest BCUT2D eigenvalue weighted by Gasteiger charge is 2.11. The van der Waals surface area contributed by atoms with Crippen molar-refractivity contribution in [3.63, 3.8) is 0 Å². The zero-order valence-electron chi connectivity index (χ0n) is 7.61. The number of hydrogen-bond donors (Lipinski definition) is 1. The molecular formula is C9H17NO. The fraction of sp³-hybridized carbons (Fsp3) is 0.667. The van der Waals surface area contributed by atoms with E-state index in [0.717, 1.165) is 12.8 Å². The summed E-state index contributed by atoms with van der Waals surface area (Å²) in [6, 6.07) is 0.164. The van der Waals surface area contributed by atoms with Crippen molar-refractivity contribution in [3.05, 3.63) is 12.2 Å². The van der Waals surface area contributed by atoms with Gasteiger partial charge in [0.1, 0.15) is 0 Å². The molecule has 0 saturated heterocycles. The second kappa shape index (κ2) is 5.08. The number of carbonyl (C=O) groups excluding carboxylic acids is 1. The smallest absolute Gasteiger partial charge is 0.156 e. The van der Waals surface area contributed by atoms with Crippen molar-refractivity contribution in [2.75, 3.05) is 7.05 Å². The van der Waals surface area contributed by atoms with E-state index in [1.807, 2.05) is 7.05 Å². The summed E-state index contributed by atoms with van der Waals surface area (Å²) >= 11 is 0. The monoisotopic (exact) mass is 155 g/mol. The molecule has 0 rings (SSSR count). The Morgan fingerprint density at radius 3 is 2.45 bits per heavy atom. The fourth-order valence-corrected chi connectivity index (χ4v) is 1.03. The van der Waals surface area contributed by atoms with Crippen LogP contribution in [0.25, 0.3) is 0 Å². The Hall–Kier alpha value is -0.630. The van der Waals surface area contributed by atoms with Crippen molar-refractivity contribution in [3.8, 4) is 0 Å². The van der Waals surface area contributed by atoms with Crippen LogP contribution in [0.1, 0.15) is 26.7 Å². The van der Waals surface area contributed by atoms with Crippen LogP contribution in [0.5, 0.6) is 0 Å². The molecule has 0 aromatic carbocycles. The van der Waals surface area contributed by atoms with E-state index in [1.54, 1.807) is 6.92 Å². The van der Waals surface area contributed by atoms with Crippen LogP contribution in [0.15, 0.2) is 12.2 Å². The Bertz CT molecular complexity index is 152. The topological polar surface area (TPSA) is 29.1 Å². The maximum absolute atomic E-state index is 10.9. The number of nitrogens with one attached hydrogen (secondary N) is 1. The predicted molar refractivity (Wildman–Crippen MR) is 47.6 cm³/mol. The summed E-state index contributed by atoms with van der Waals surface area (Å²) in [5.41, 5.74) is 0.689. The molecule has 0 aromatic heterocycles. The average molecular weight is 155 g/mol. The first-order valence-electron chi connectivity index (χ1n) is 4.00. The van der Waals surface area contributed by atoms with Crippen LogP contribution in [0.2, 0.25) is 0 Å². The summed E-state index contributed by atoms with van der Waals surface area (Å²) in [5.74, 6) is 0.0813. The van der Waals surface area contributed by atoms with Crippen LogP contribution in [-0.2, 0) is 4.79 Å². The van der Waals surface area contributed by atoms with Gasteiger partial charge in [-0.25, -0.2) is 0 Å². The van der Waals surface area contributed by atoms with Gasteiger partial charge in [-0.05, 0) is 20.4 Å². The fourth-order valence-electron chi connectivity index (χ4n) is 1.03. The van der Waals surface area contributed by atoms with Gasteiger partial charge in [-0.1, -0.05) is 19.9 Å². The minimum absolute atomic E-state index is 0.0813. The second-order valence-electron chi connectivity index (χ2n) is 2.71. The summed E-state index contributed by atoms with van der Waals surface area (Å²) in [6.45, 7) is 7.38. The molecule has 0 radical (unpaired) electrons. The number of ketones is 1. The third-order valence-corrected chi connectivity index (χ3v) is 1.80. The number of hydrogen-bond acceptors (Lipinski definition) is 2. The summed E-state index contributed by atoms with van der Waals surface area (Å²) in [7, 11) is 1.86. The van der Waals surface area contributed by atoms with E-state index >= 15 is 0 Å². The van der Waals surface area contributed by atoms with Gasteiger partial charge in [0.05, 0.1) is 0 Å². The largest absolute Gasteiger partial charge is 0.313 e. The first-order chi connectivity index (χ1) is 5.13. The van der Waals surface area contributed by atoms with E-state index < -0.39 is 0 Å². The van der Waals surface area contributed by atoms with Crippen LogP contribution < -0.4 is 5.32 Å². The maximum Gasteiger partial charge on any atom is 0.156 e. The van der Waals surface area contributed by atoms with E-state index in [1.165, 1.54) is 0 Å². The predicted octanol–water partition coefficient (Wildman–Crippen LogP) is 1.52. The molecule has 2 heteroatoms. The van der Waals surface area contributed by atoms with Gasteiger partial charge in [0.15, 0.2) is 5.78 Å². The SMILES string of the molecule is C=C(C(C)=O)C(CCC)NC. The molecule has 0 heterocycles. The van der Waals surface area contributed by atoms with Gasteiger partial charge in [-0.2, -0.15) is 0 Å². The number of likely N-dealkylation sites (N-methyl/N-ethyl adjacent to an activating group) is 1. The lowest BCUT2D eigenvalue weighted by Crippen LogP contribution is -2.29. The molecule has 0 spiro atoms. The highest BCUT2D eigenvalue weighted by Crippen LogP contribution is 2.06. The van der Waals surface area contributed by atoms with Gasteiger partial charge in [0.2, 0.25) is 0 Å². The number of carbonyl (C=O) groups is 1. The Labute approximate surface area is 68.7 Å². The van der Waals surface area contributed by atoms with E-state index in [4.69, 9.17) is 0 Å². The van der Waals surface area contributed by atoms with Gasteiger partial charge in [0.25, 0.3) is 0 Å². The summed E-state index contributed by atoms with van der Waals surface area (Å²) in [5, 5.41) is 3.06. The van der Waals surface area contributed by atoms with Crippen molar-refractivity contribution < 1.29 is 4.79 Å². The summed E-state index contributed by atoms with van der Waals surface area (Å²) < 4.78 is 0. The molecule has 11 heavy (non-hydrogen) atoms. The van der Waals surface area contributed by atoms with Crippen LogP contribution in [-0.4, -0.2) is 18.9 Å². The molecule has 1 atom stereocenters. The van der Waals surface area contributed by atoms with Gasteiger partial charge in [0, 0.05) is 11.6 Å². The standard InChI is InChI=1S/C9H17NO/c1-5-6-9(10-4)7(2)8(3)11/h9-10H,2,5-6H2,1,3-4H3. The summed E-state index contributed by atoms with van der Waals surface area (Å²) in [6.07, 6.45) is 2.05. The van der Waals surface area contributed by atoms with E-state index in [-0.39, 0.29) is 11.8 Å². The van der Waals surface area contributed by atoms with Crippen molar-refractivity contribution in [2.24, 2.45) is 0 Å². The third kappa shape index (κ3) is 3.33. The molecule has 0 aromatic rings. The Morgan fingerprint density at radius 1 is 1.64 bits per heavy atom. The van der Waals surface area contributed by atoms with Crippen molar-refractivity contribution in [1.29, 1.82) is 0 Å². The highest BCUT2D eigenvalue weighted by molar-refractivity contribution is 5.93. The average Bonchev–Trinajstić information content (AvgIpc) is 1.98. The van der Waals surface area contributed by atoms with Crippen LogP contribution in [0.3, 0.4) is 0 Å². The third-order valence-electron chi connectivity index (χ3n) is 1.80. The molecular weight excluding hydrogens is 138 g/mol.